The van der Waals surface area contributed by atoms with Crippen LogP contribution in [0.4, 0.5) is 5.82 Å². The van der Waals surface area contributed by atoms with Crippen molar-refractivity contribution >= 4 is 43.1 Å². The zero-order valence-corrected chi connectivity index (χ0v) is 12.0. The van der Waals surface area contributed by atoms with Gasteiger partial charge in [-0.3, -0.25) is 4.72 Å². The number of sulfonamides is 1. The van der Waals surface area contributed by atoms with Crippen LogP contribution in [0.2, 0.25) is 0 Å². The van der Waals surface area contributed by atoms with Crippen molar-refractivity contribution in [1.29, 1.82) is 5.26 Å². The van der Waals surface area contributed by atoms with E-state index in [1.165, 1.54) is 18.3 Å². The molecule has 0 atom stereocenters. The Labute approximate surface area is 116 Å². The monoisotopic (exact) mass is 343 g/mol. The van der Waals surface area contributed by atoms with Crippen molar-refractivity contribution in [3.63, 3.8) is 0 Å². The van der Waals surface area contributed by atoms with E-state index < -0.39 is 10.0 Å². The maximum atomic E-state index is 12.0. The first-order valence-electron chi connectivity index (χ1n) is 4.66. The maximum Gasteiger partial charge on any atom is 0.272 e. The van der Waals surface area contributed by atoms with Gasteiger partial charge in [-0.05, 0) is 40.2 Å². The molecule has 92 valence electrons. The van der Waals surface area contributed by atoms with E-state index in [0.29, 0.717) is 9.35 Å². The molecule has 0 aliphatic carbocycles. The number of nitrogens with zero attached hydrogens (tertiary/aromatic N) is 2. The average molecular weight is 344 g/mol. The number of halogens is 1. The second-order valence-corrected chi connectivity index (χ2v) is 7.02. The molecule has 2 aromatic heterocycles. The van der Waals surface area contributed by atoms with E-state index in [9.17, 15) is 8.42 Å². The Morgan fingerprint density at radius 2 is 2.17 bits per heavy atom. The molecule has 0 saturated carbocycles. The topological polar surface area (TPSA) is 82.8 Å². The zero-order chi connectivity index (χ0) is 13.2. The summed E-state index contributed by atoms with van der Waals surface area (Å²) in [4.78, 5) is 4.26. The van der Waals surface area contributed by atoms with Gasteiger partial charge in [0.1, 0.15) is 15.2 Å². The molecule has 0 aliphatic rings. The molecule has 0 spiro atoms. The number of thiophene rings is 1. The molecule has 0 fully saturated rings. The van der Waals surface area contributed by atoms with Crippen LogP contribution in [0.1, 0.15) is 4.88 Å². The second-order valence-electron chi connectivity index (χ2n) is 3.17. The van der Waals surface area contributed by atoms with Gasteiger partial charge in [-0.2, -0.15) is 5.26 Å². The van der Waals surface area contributed by atoms with E-state index >= 15 is 0 Å². The smallest absolute Gasteiger partial charge is 0.262 e. The molecular weight excluding hydrogens is 338 g/mol. The van der Waals surface area contributed by atoms with Crippen molar-refractivity contribution < 1.29 is 8.42 Å². The highest BCUT2D eigenvalue weighted by Crippen LogP contribution is 2.25. The fourth-order valence-electron chi connectivity index (χ4n) is 1.16. The number of hydrogen-bond donors (Lipinski definition) is 1. The van der Waals surface area contributed by atoms with Gasteiger partial charge in [0.05, 0.1) is 4.47 Å². The van der Waals surface area contributed by atoms with E-state index in [1.807, 2.05) is 6.07 Å². The summed E-state index contributed by atoms with van der Waals surface area (Å²) in [7, 11) is -3.70. The Morgan fingerprint density at radius 1 is 1.39 bits per heavy atom. The molecule has 18 heavy (non-hydrogen) atoms. The number of anilines is 1. The van der Waals surface area contributed by atoms with Crippen molar-refractivity contribution in [3.05, 3.63) is 39.8 Å². The third kappa shape index (κ3) is 2.69. The minimum absolute atomic E-state index is 0.0802. The van der Waals surface area contributed by atoms with E-state index in [-0.39, 0.29) is 10.0 Å². The van der Waals surface area contributed by atoms with Gasteiger partial charge in [0, 0.05) is 6.20 Å². The summed E-state index contributed by atoms with van der Waals surface area (Å²) in [5.74, 6) is 0.212. The predicted molar refractivity (Wildman–Crippen MR) is 71.8 cm³/mol. The molecule has 0 radical (unpaired) electrons. The van der Waals surface area contributed by atoms with Crippen LogP contribution in [-0.2, 0) is 10.0 Å². The molecule has 0 saturated heterocycles. The molecule has 0 aromatic carbocycles. The first-order valence-corrected chi connectivity index (χ1v) is 7.75. The highest BCUT2D eigenvalue weighted by Gasteiger charge is 2.18. The van der Waals surface area contributed by atoms with Crippen molar-refractivity contribution in [2.45, 2.75) is 4.21 Å². The van der Waals surface area contributed by atoms with Crippen molar-refractivity contribution in [2.24, 2.45) is 0 Å². The van der Waals surface area contributed by atoms with Crippen LogP contribution >= 0.6 is 27.3 Å². The summed E-state index contributed by atoms with van der Waals surface area (Å²) in [6, 6.07) is 8.11. The first kappa shape index (κ1) is 13.0. The van der Waals surface area contributed by atoms with Gasteiger partial charge in [0.25, 0.3) is 10.0 Å². The van der Waals surface area contributed by atoms with Gasteiger partial charge in [-0.1, -0.05) is 0 Å². The van der Waals surface area contributed by atoms with Crippen LogP contribution in [-0.4, -0.2) is 13.4 Å². The van der Waals surface area contributed by atoms with Gasteiger partial charge in [-0.15, -0.1) is 11.3 Å². The summed E-state index contributed by atoms with van der Waals surface area (Å²) in [6.45, 7) is 0. The molecule has 0 aliphatic heterocycles. The fourth-order valence-corrected chi connectivity index (χ4v) is 3.78. The Hall–Kier alpha value is -1.43. The number of rotatable bonds is 3. The van der Waals surface area contributed by atoms with Crippen LogP contribution in [0.5, 0.6) is 0 Å². The Morgan fingerprint density at radius 3 is 2.78 bits per heavy atom. The molecule has 0 amide bonds. The van der Waals surface area contributed by atoms with Crippen LogP contribution < -0.4 is 4.72 Å². The lowest BCUT2D eigenvalue weighted by molar-refractivity contribution is 0.603. The minimum atomic E-state index is -3.70. The van der Waals surface area contributed by atoms with E-state index in [1.54, 1.807) is 12.1 Å². The summed E-state index contributed by atoms with van der Waals surface area (Å²) in [5.41, 5.74) is 0. The molecule has 5 nitrogen and oxygen atoms in total. The number of hydrogen-bond acceptors (Lipinski definition) is 5. The molecular formula is C10H6BrN3O2S2. The summed E-state index contributed by atoms with van der Waals surface area (Å²) in [6.07, 6.45) is 1.48. The molecule has 0 unspecified atom stereocenters. The Kier molecular flexibility index (Phi) is 3.65. The van der Waals surface area contributed by atoms with E-state index in [0.717, 1.165) is 11.3 Å². The third-order valence-corrected chi connectivity index (χ3v) is 5.41. The van der Waals surface area contributed by atoms with Crippen molar-refractivity contribution in [1.82, 2.24) is 4.98 Å². The highest BCUT2D eigenvalue weighted by molar-refractivity contribution is 9.10. The minimum Gasteiger partial charge on any atom is -0.262 e. The van der Waals surface area contributed by atoms with Crippen LogP contribution in [0.3, 0.4) is 0 Å². The number of aromatic nitrogens is 1. The fraction of sp³-hybridized carbons (Fsp3) is 0. The third-order valence-electron chi connectivity index (χ3n) is 1.95. The number of nitriles is 1. The van der Waals surface area contributed by atoms with Gasteiger partial charge in [-0.25, -0.2) is 13.4 Å². The zero-order valence-electron chi connectivity index (χ0n) is 8.79. The largest absolute Gasteiger partial charge is 0.272 e. The van der Waals surface area contributed by atoms with Crippen molar-refractivity contribution in [3.8, 4) is 6.07 Å². The van der Waals surface area contributed by atoms with Crippen LogP contribution in [0.25, 0.3) is 0 Å². The lowest BCUT2D eigenvalue weighted by Gasteiger charge is -2.06. The van der Waals surface area contributed by atoms with Gasteiger partial charge < -0.3 is 0 Å². The SMILES string of the molecule is N#Cc1ccc(S(=O)(=O)Nc2ncccc2Br)s1. The summed E-state index contributed by atoms with van der Waals surface area (Å²) in [5, 5.41) is 8.68. The maximum absolute atomic E-state index is 12.0. The van der Waals surface area contributed by atoms with Crippen LogP contribution in [0.15, 0.2) is 39.1 Å². The lowest BCUT2D eigenvalue weighted by Crippen LogP contribution is -2.12. The summed E-state index contributed by atoms with van der Waals surface area (Å²) >= 11 is 4.11. The molecule has 2 heterocycles. The van der Waals surface area contributed by atoms with Crippen molar-refractivity contribution in [2.75, 3.05) is 4.72 Å². The number of pyridine rings is 1. The second kappa shape index (κ2) is 5.06. The first-order chi connectivity index (χ1) is 8.53. The molecule has 0 bridgehead atoms. The van der Waals surface area contributed by atoms with Gasteiger partial charge >= 0.3 is 0 Å². The number of nitrogens with one attached hydrogen (secondary N) is 1. The Bertz CT molecular complexity index is 719. The molecule has 1 N–H and O–H groups in total. The summed E-state index contributed by atoms with van der Waals surface area (Å²) < 4.78 is 27.0. The van der Waals surface area contributed by atoms with E-state index in [2.05, 4.69) is 25.6 Å². The quantitative estimate of drug-likeness (QED) is 0.928. The van der Waals surface area contributed by atoms with E-state index in [4.69, 9.17) is 5.26 Å². The normalized spacial score (nSPS) is 10.9. The molecule has 2 aromatic rings. The highest BCUT2D eigenvalue weighted by atomic mass is 79.9. The lowest BCUT2D eigenvalue weighted by atomic mass is 10.5. The predicted octanol–water partition coefficient (Wildman–Crippen LogP) is 2.58. The average Bonchev–Trinajstić information content (AvgIpc) is 2.81. The van der Waals surface area contributed by atoms with Gasteiger partial charge in [0.2, 0.25) is 0 Å². The molecule has 8 heteroatoms. The Balaban J connectivity index is 2.34. The molecule has 2 rings (SSSR count). The standard InChI is InChI=1S/C10H6BrN3O2S2/c11-8-2-1-5-13-10(8)14-18(15,16)9-4-3-7(6-12)17-9/h1-5H,(H,13,14). The van der Waals surface area contributed by atoms with Gasteiger partial charge in [0.15, 0.2) is 5.82 Å². The van der Waals surface area contributed by atoms with Crippen LogP contribution in [0, 0.1) is 11.3 Å².